The lowest BCUT2D eigenvalue weighted by atomic mass is 9.78. The van der Waals surface area contributed by atoms with Gasteiger partial charge in [0.15, 0.2) is 5.78 Å². The van der Waals surface area contributed by atoms with Crippen molar-refractivity contribution < 1.29 is 4.79 Å². The van der Waals surface area contributed by atoms with Crippen LogP contribution in [-0.4, -0.2) is 20.5 Å². The van der Waals surface area contributed by atoms with Gasteiger partial charge in [0.2, 0.25) is 5.95 Å². The number of aromatic nitrogens is 3. The number of hydrogen-bond donors (Lipinski definition) is 1. The minimum Gasteiger partial charge on any atom is -0.328 e. The second kappa shape index (κ2) is 5.95. The Balaban J connectivity index is 1.61. The summed E-state index contributed by atoms with van der Waals surface area (Å²) >= 11 is 0. The number of ketones is 1. The van der Waals surface area contributed by atoms with Crippen molar-refractivity contribution in [2.75, 3.05) is 5.32 Å². The third-order valence-electron chi connectivity index (χ3n) is 5.25. The molecule has 5 heteroatoms. The molecule has 1 aliphatic heterocycles. The standard InChI is InChI=1S/C21H18N4O/c26-18-12-16(14-7-3-1-4-8-14)11-17-19(18)20(15-9-5-2-6-10-15)25-21(24-17)22-13-23-25/h1-10,13,16,20H,11-12H2,(H,22,23,24)/t16-,20+/m1/s1. The van der Waals surface area contributed by atoms with E-state index in [9.17, 15) is 4.79 Å². The molecule has 0 spiro atoms. The predicted molar refractivity (Wildman–Crippen MR) is 98.7 cm³/mol. The van der Waals surface area contributed by atoms with Crippen LogP contribution in [0.25, 0.3) is 0 Å². The highest BCUT2D eigenvalue weighted by Crippen LogP contribution is 2.43. The minimum absolute atomic E-state index is 0.183. The molecular weight excluding hydrogens is 324 g/mol. The van der Waals surface area contributed by atoms with E-state index in [0.717, 1.165) is 23.3 Å². The van der Waals surface area contributed by atoms with Crippen molar-refractivity contribution in [3.63, 3.8) is 0 Å². The maximum atomic E-state index is 13.2. The van der Waals surface area contributed by atoms with Crippen LogP contribution in [0.4, 0.5) is 5.95 Å². The molecule has 128 valence electrons. The molecule has 2 heterocycles. The highest BCUT2D eigenvalue weighted by molar-refractivity contribution is 6.00. The molecule has 0 saturated carbocycles. The summed E-state index contributed by atoms with van der Waals surface area (Å²) in [6.07, 6.45) is 2.87. The number of rotatable bonds is 2. The first-order valence-electron chi connectivity index (χ1n) is 8.84. The van der Waals surface area contributed by atoms with Crippen LogP contribution < -0.4 is 5.32 Å². The molecule has 0 saturated heterocycles. The zero-order valence-corrected chi connectivity index (χ0v) is 14.2. The molecule has 3 aromatic rings. The van der Waals surface area contributed by atoms with Gasteiger partial charge in [0, 0.05) is 17.7 Å². The second-order valence-electron chi connectivity index (χ2n) is 6.80. The Labute approximate surface area is 151 Å². The summed E-state index contributed by atoms with van der Waals surface area (Å²) in [7, 11) is 0. The largest absolute Gasteiger partial charge is 0.328 e. The Hall–Kier alpha value is -3.21. The number of nitrogens with one attached hydrogen (secondary N) is 1. The zero-order valence-electron chi connectivity index (χ0n) is 14.2. The Morgan fingerprint density at radius 2 is 1.62 bits per heavy atom. The van der Waals surface area contributed by atoms with Gasteiger partial charge in [-0.15, -0.1) is 0 Å². The number of anilines is 1. The lowest BCUT2D eigenvalue weighted by Crippen LogP contribution is -2.33. The summed E-state index contributed by atoms with van der Waals surface area (Å²) in [4.78, 5) is 17.5. The fraction of sp³-hybridized carbons (Fsp3) is 0.190. The number of benzene rings is 2. The minimum atomic E-state index is -0.214. The number of Topliss-reactive ketones (excluding diaryl/α,β-unsaturated/α-hetero) is 1. The van der Waals surface area contributed by atoms with Crippen molar-refractivity contribution in [1.82, 2.24) is 14.8 Å². The van der Waals surface area contributed by atoms with E-state index in [0.29, 0.717) is 12.4 Å². The molecule has 5 rings (SSSR count). The number of nitrogens with zero attached hydrogens (tertiary/aromatic N) is 3. The molecule has 0 unspecified atom stereocenters. The Morgan fingerprint density at radius 3 is 2.35 bits per heavy atom. The SMILES string of the molecule is O=C1C[C@H](c2ccccc2)CC2=C1[C@H](c1ccccc1)n1ncnc1N2. The molecule has 2 atom stereocenters. The van der Waals surface area contributed by atoms with E-state index in [1.54, 1.807) is 0 Å². The van der Waals surface area contributed by atoms with Crippen molar-refractivity contribution >= 4 is 11.7 Å². The fourth-order valence-corrected chi connectivity index (χ4v) is 4.06. The molecule has 0 bridgehead atoms. The van der Waals surface area contributed by atoms with Crippen LogP contribution in [0.1, 0.15) is 35.9 Å². The molecule has 26 heavy (non-hydrogen) atoms. The molecule has 1 aromatic heterocycles. The van der Waals surface area contributed by atoms with Gasteiger partial charge in [0.25, 0.3) is 0 Å². The maximum Gasteiger partial charge on any atom is 0.226 e. The monoisotopic (exact) mass is 342 g/mol. The van der Waals surface area contributed by atoms with Crippen LogP contribution in [0.3, 0.4) is 0 Å². The van der Waals surface area contributed by atoms with Crippen molar-refractivity contribution in [2.24, 2.45) is 0 Å². The van der Waals surface area contributed by atoms with E-state index < -0.39 is 0 Å². The van der Waals surface area contributed by atoms with E-state index >= 15 is 0 Å². The van der Waals surface area contributed by atoms with Crippen molar-refractivity contribution in [3.05, 3.63) is 89.4 Å². The van der Waals surface area contributed by atoms with Crippen LogP contribution in [0.2, 0.25) is 0 Å². The number of carbonyl (C=O) groups excluding carboxylic acids is 1. The Morgan fingerprint density at radius 1 is 0.923 bits per heavy atom. The summed E-state index contributed by atoms with van der Waals surface area (Å²) < 4.78 is 1.81. The molecule has 0 amide bonds. The smallest absolute Gasteiger partial charge is 0.226 e. The van der Waals surface area contributed by atoms with E-state index in [1.807, 2.05) is 53.2 Å². The molecular formula is C21H18N4O. The average molecular weight is 342 g/mol. The molecule has 1 aliphatic carbocycles. The van der Waals surface area contributed by atoms with Gasteiger partial charge in [-0.3, -0.25) is 4.79 Å². The van der Waals surface area contributed by atoms with Crippen LogP contribution in [0.5, 0.6) is 0 Å². The van der Waals surface area contributed by atoms with Crippen LogP contribution >= 0.6 is 0 Å². The van der Waals surface area contributed by atoms with Crippen molar-refractivity contribution in [1.29, 1.82) is 0 Å². The van der Waals surface area contributed by atoms with Crippen LogP contribution in [0.15, 0.2) is 78.3 Å². The van der Waals surface area contributed by atoms with E-state index in [4.69, 9.17) is 0 Å². The molecule has 2 aliphatic rings. The van der Waals surface area contributed by atoms with Crippen LogP contribution in [0, 0.1) is 0 Å². The van der Waals surface area contributed by atoms with E-state index in [2.05, 4.69) is 27.5 Å². The average Bonchev–Trinajstić information content (AvgIpc) is 3.15. The molecule has 0 radical (unpaired) electrons. The third kappa shape index (κ3) is 2.36. The van der Waals surface area contributed by atoms with Gasteiger partial charge >= 0.3 is 0 Å². The lowest BCUT2D eigenvalue weighted by Gasteiger charge is -2.35. The van der Waals surface area contributed by atoms with Gasteiger partial charge in [-0.05, 0) is 23.5 Å². The second-order valence-corrected chi connectivity index (χ2v) is 6.80. The number of fused-ring (bicyclic) bond motifs is 1. The van der Waals surface area contributed by atoms with Gasteiger partial charge < -0.3 is 5.32 Å². The van der Waals surface area contributed by atoms with Gasteiger partial charge in [-0.2, -0.15) is 10.1 Å². The quantitative estimate of drug-likeness (QED) is 0.771. The first-order chi connectivity index (χ1) is 12.8. The summed E-state index contributed by atoms with van der Waals surface area (Å²) in [6.45, 7) is 0. The molecule has 0 fully saturated rings. The predicted octanol–water partition coefficient (Wildman–Crippen LogP) is 3.69. The Kier molecular flexibility index (Phi) is 3.45. The first-order valence-corrected chi connectivity index (χ1v) is 8.84. The van der Waals surface area contributed by atoms with Gasteiger partial charge in [-0.1, -0.05) is 60.7 Å². The highest BCUT2D eigenvalue weighted by atomic mass is 16.1. The van der Waals surface area contributed by atoms with E-state index in [1.165, 1.54) is 11.9 Å². The number of allylic oxidation sites excluding steroid dienone is 2. The summed E-state index contributed by atoms with van der Waals surface area (Å²) in [5, 5.41) is 7.73. The van der Waals surface area contributed by atoms with Crippen molar-refractivity contribution in [3.8, 4) is 0 Å². The summed E-state index contributed by atoms with van der Waals surface area (Å²) in [5.41, 5.74) is 4.06. The van der Waals surface area contributed by atoms with E-state index in [-0.39, 0.29) is 17.7 Å². The Bertz CT molecular complexity index is 991. The molecule has 5 nitrogen and oxygen atoms in total. The zero-order chi connectivity index (χ0) is 17.5. The molecule has 2 aromatic carbocycles. The van der Waals surface area contributed by atoms with Gasteiger partial charge in [0.1, 0.15) is 12.4 Å². The number of carbonyl (C=O) groups is 1. The summed E-state index contributed by atoms with van der Waals surface area (Å²) in [5.74, 6) is 1.07. The third-order valence-corrected chi connectivity index (χ3v) is 5.25. The maximum absolute atomic E-state index is 13.2. The normalized spacial score (nSPS) is 21.8. The summed E-state index contributed by atoms with van der Waals surface area (Å²) in [6, 6.07) is 20.1. The van der Waals surface area contributed by atoms with Crippen LogP contribution in [-0.2, 0) is 4.79 Å². The van der Waals surface area contributed by atoms with Gasteiger partial charge in [-0.25, -0.2) is 4.68 Å². The van der Waals surface area contributed by atoms with Gasteiger partial charge in [0.05, 0.1) is 0 Å². The fourth-order valence-electron chi connectivity index (χ4n) is 4.06. The topological polar surface area (TPSA) is 59.8 Å². The number of hydrogen-bond acceptors (Lipinski definition) is 4. The first kappa shape index (κ1) is 15.1. The lowest BCUT2D eigenvalue weighted by molar-refractivity contribution is -0.116. The van der Waals surface area contributed by atoms with Crippen molar-refractivity contribution in [2.45, 2.75) is 24.8 Å². The highest BCUT2D eigenvalue weighted by Gasteiger charge is 2.39. The molecule has 1 N–H and O–H groups in total.